The van der Waals surface area contributed by atoms with E-state index >= 15 is 0 Å². The van der Waals surface area contributed by atoms with Crippen molar-refractivity contribution in [3.05, 3.63) is 41.8 Å². The number of carbonyl (C=O) groups is 1. The molecule has 0 aliphatic carbocycles. The number of sulfone groups is 1. The molecule has 7 nitrogen and oxygen atoms in total. The zero-order chi connectivity index (χ0) is 17.0. The van der Waals surface area contributed by atoms with Gasteiger partial charge in [0.05, 0.1) is 0 Å². The highest BCUT2D eigenvalue weighted by Crippen LogP contribution is 2.19. The normalized spacial score (nSPS) is 13.0. The third-order valence-corrected chi connectivity index (χ3v) is 3.96. The molecule has 0 aliphatic rings. The van der Waals surface area contributed by atoms with Gasteiger partial charge in [0.15, 0.2) is 0 Å². The molecule has 2 rings (SSSR count). The predicted molar refractivity (Wildman–Crippen MR) is 83.3 cm³/mol. The molecule has 0 saturated carbocycles. The van der Waals surface area contributed by atoms with Crippen molar-refractivity contribution in [2.24, 2.45) is 5.92 Å². The first-order valence-electron chi connectivity index (χ1n) is 7.15. The summed E-state index contributed by atoms with van der Waals surface area (Å²) in [6.07, 6.45) is 1.41. The van der Waals surface area contributed by atoms with Crippen LogP contribution in [0.25, 0.3) is 0 Å². The molecule has 1 aromatic heterocycles. The van der Waals surface area contributed by atoms with Crippen molar-refractivity contribution < 1.29 is 17.6 Å². The van der Waals surface area contributed by atoms with Crippen LogP contribution in [-0.2, 0) is 21.1 Å². The zero-order valence-electron chi connectivity index (χ0n) is 13.2. The van der Waals surface area contributed by atoms with Crippen LogP contribution in [0.15, 0.2) is 40.0 Å². The molecule has 1 heterocycles. The summed E-state index contributed by atoms with van der Waals surface area (Å²) in [5, 5.41) is 9.69. The number of nitrogens with one attached hydrogen (secondary N) is 1. The minimum atomic E-state index is -3.59. The van der Waals surface area contributed by atoms with E-state index in [1.165, 1.54) is 0 Å². The maximum atomic E-state index is 12.0. The number of amides is 1. The molecule has 2 aromatic rings. The Hall–Kier alpha value is -2.22. The Bertz CT molecular complexity index is 769. The van der Waals surface area contributed by atoms with Crippen LogP contribution >= 0.6 is 0 Å². The molecular formula is C15H19N3O4S. The molecule has 0 saturated heterocycles. The highest BCUT2D eigenvalue weighted by Gasteiger charge is 2.25. The van der Waals surface area contributed by atoms with Crippen LogP contribution in [0, 0.1) is 5.92 Å². The van der Waals surface area contributed by atoms with Gasteiger partial charge in [0.1, 0.15) is 6.04 Å². The van der Waals surface area contributed by atoms with Crippen molar-refractivity contribution in [3.8, 4) is 0 Å². The van der Waals surface area contributed by atoms with Crippen LogP contribution in [0.3, 0.4) is 0 Å². The van der Waals surface area contributed by atoms with Crippen molar-refractivity contribution in [1.29, 1.82) is 0 Å². The molecule has 1 atom stereocenters. The lowest BCUT2D eigenvalue weighted by atomic mass is 10.0. The van der Waals surface area contributed by atoms with E-state index in [-0.39, 0.29) is 17.7 Å². The Morgan fingerprint density at radius 3 is 2.39 bits per heavy atom. The van der Waals surface area contributed by atoms with Gasteiger partial charge in [-0.15, -0.1) is 5.10 Å². The van der Waals surface area contributed by atoms with Crippen LogP contribution in [0.5, 0.6) is 0 Å². The lowest BCUT2D eigenvalue weighted by molar-refractivity contribution is -0.124. The molecule has 0 fully saturated rings. The second-order valence-corrected chi connectivity index (χ2v) is 7.48. The van der Waals surface area contributed by atoms with Gasteiger partial charge in [0.25, 0.3) is 0 Å². The van der Waals surface area contributed by atoms with Gasteiger partial charge >= 0.3 is 5.22 Å². The number of hydrogen-bond donors (Lipinski definition) is 1. The van der Waals surface area contributed by atoms with Crippen molar-refractivity contribution in [2.45, 2.75) is 31.5 Å². The summed E-state index contributed by atoms with van der Waals surface area (Å²) >= 11 is 0. The standard InChI is InChI=1S/C15H19N3O4S/c1-10(2)13(19)16-12(9-11-7-5-4-6-8-11)14-17-18-15(22-14)23(3,20)21/h4-8,10,12H,9H2,1-3H3,(H,16,19)/t12-/m0/s1. The van der Waals surface area contributed by atoms with Gasteiger partial charge in [0, 0.05) is 18.6 Å². The molecule has 1 amide bonds. The fourth-order valence-electron chi connectivity index (χ4n) is 1.90. The first-order valence-corrected chi connectivity index (χ1v) is 9.04. The van der Waals surface area contributed by atoms with E-state index in [0.29, 0.717) is 6.42 Å². The molecular weight excluding hydrogens is 318 g/mol. The van der Waals surface area contributed by atoms with Gasteiger partial charge in [0.2, 0.25) is 21.6 Å². The van der Waals surface area contributed by atoms with Crippen LogP contribution in [0.4, 0.5) is 0 Å². The molecule has 8 heteroatoms. The molecule has 0 radical (unpaired) electrons. The molecule has 0 unspecified atom stereocenters. The van der Waals surface area contributed by atoms with E-state index in [4.69, 9.17) is 4.42 Å². The maximum Gasteiger partial charge on any atom is 0.335 e. The number of rotatable bonds is 6. The number of nitrogens with zero attached hydrogens (tertiary/aromatic N) is 2. The van der Waals surface area contributed by atoms with Gasteiger partial charge in [-0.3, -0.25) is 4.79 Å². The van der Waals surface area contributed by atoms with Crippen molar-refractivity contribution in [3.63, 3.8) is 0 Å². The SMILES string of the molecule is CC(C)C(=O)N[C@@H](Cc1ccccc1)c1nnc(S(C)(=O)=O)o1. The fourth-order valence-corrected chi connectivity index (χ4v) is 2.33. The van der Waals surface area contributed by atoms with Gasteiger partial charge in [-0.05, 0) is 5.56 Å². The Kier molecular flexibility index (Phi) is 5.15. The average molecular weight is 337 g/mol. The third-order valence-electron chi connectivity index (χ3n) is 3.16. The summed E-state index contributed by atoms with van der Waals surface area (Å²) in [5.74, 6) is -0.320. The largest absolute Gasteiger partial charge is 0.410 e. The molecule has 1 N–H and O–H groups in total. The van der Waals surface area contributed by atoms with Crippen LogP contribution in [-0.4, -0.2) is 30.8 Å². The third kappa shape index (κ3) is 4.62. The Balaban J connectivity index is 2.29. The minimum absolute atomic E-state index is 0.0725. The second-order valence-electron chi connectivity index (χ2n) is 5.58. The summed E-state index contributed by atoms with van der Waals surface area (Å²) in [6.45, 7) is 3.54. The maximum absolute atomic E-state index is 12.0. The van der Waals surface area contributed by atoms with E-state index in [2.05, 4.69) is 15.5 Å². The summed E-state index contributed by atoms with van der Waals surface area (Å²) in [6, 6.07) is 8.87. The van der Waals surface area contributed by atoms with Gasteiger partial charge in [-0.25, -0.2) is 8.42 Å². The van der Waals surface area contributed by atoms with E-state index in [9.17, 15) is 13.2 Å². The smallest absolute Gasteiger partial charge is 0.335 e. The molecule has 0 bridgehead atoms. The second kappa shape index (κ2) is 6.91. The number of carbonyl (C=O) groups excluding carboxylic acids is 1. The van der Waals surface area contributed by atoms with Crippen molar-refractivity contribution >= 4 is 15.7 Å². The Labute approximate surface area is 135 Å². The highest BCUT2D eigenvalue weighted by molar-refractivity contribution is 7.90. The zero-order valence-corrected chi connectivity index (χ0v) is 14.0. The molecule has 0 aliphatic heterocycles. The molecule has 23 heavy (non-hydrogen) atoms. The lowest BCUT2D eigenvalue weighted by Gasteiger charge is -2.16. The van der Waals surface area contributed by atoms with E-state index in [0.717, 1.165) is 11.8 Å². The summed E-state index contributed by atoms with van der Waals surface area (Å²) in [4.78, 5) is 12.0. The monoisotopic (exact) mass is 337 g/mol. The summed E-state index contributed by atoms with van der Waals surface area (Å²) in [5.41, 5.74) is 0.959. The van der Waals surface area contributed by atoms with E-state index < -0.39 is 21.1 Å². The lowest BCUT2D eigenvalue weighted by Crippen LogP contribution is -2.33. The summed E-state index contributed by atoms with van der Waals surface area (Å²) < 4.78 is 28.2. The van der Waals surface area contributed by atoms with Gasteiger partial charge in [-0.2, -0.15) is 0 Å². The van der Waals surface area contributed by atoms with Gasteiger partial charge in [-0.1, -0.05) is 49.3 Å². The van der Waals surface area contributed by atoms with Gasteiger partial charge < -0.3 is 9.73 Å². The number of aromatic nitrogens is 2. The molecule has 1 aromatic carbocycles. The minimum Gasteiger partial charge on any atom is -0.410 e. The predicted octanol–water partition coefficient (Wildman–Crippen LogP) is 1.53. The number of hydrogen-bond acceptors (Lipinski definition) is 6. The van der Waals surface area contributed by atoms with E-state index in [1.807, 2.05) is 30.3 Å². The average Bonchev–Trinajstić information content (AvgIpc) is 2.97. The molecule has 124 valence electrons. The van der Waals surface area contributed by atoms with Crippen LogP contribution in [0.2, 0.25) is 0 Å². The Morgan fingerprint density at radius 1 is 1.22 bits per heavy atom. The van der Waals surface area contributed by atoms with Crippen LogP contribution in [0.1, 0.15) is 31.3 Å². The Morgan fingerprint density at radius 2 is 1.87 bits per heavy atom. The first-order chi connectivity index (χ1) is 10.8. The van der Waals surface area contributed by atoms with E-state index in [1.54, 1.807) is 13.8 Å². The van der Waals surface area contributed by atoms with Crippen LogP contribution < -0.4 is 5.32 Å². The fraction of sp³-hybridized carbons (Fsp3) is 0.400. The highest BCUT2D eigenvalue weighted by atomic mass is 32.2. The topological polar surface area (TPSA) is 102 Å². The number of benzene rings is 1. The first kappa shape index (κ1) is 17.1. The summed E-state index contributed by atoms with van der Waals surface area (Å²) in [7, 11) is -3.59. The van der Waals surface area contributed by atoms with Crippen molar-refractivity contribution in [1.82, 2.24) is 15.5 Å². The van der Waals surface area contributed by atoms with Crippen molar-refractivity contribution in [2.75, 3.05) is 6.26 Å². The quantitative estimate of drug-likeness (QED) is 0.857. The molecule has 0 spiro atoms.